The zero-order valence-electron chi connectivity index (χ0n) is 23.7. The molecule has 0 spiro atoms. The molecule has 5 rings (SSSR count). The Balaban J connectivity index is 1.63. The van der Waals surface area contributed by atoms with Gasteiger partial charge in [0, 0.05) is 19.0 Å². The molecule has 0 aromatic heterocycles. The quantitative estimate of drug-likeness (QED) is 0.428. The summed E-state index contributed by atoms with van der Waals surface area (Å²) in [6.07, 6.45) is 2.13. The molecule has 1 saturated heterocycles. The van der Waals surface area contributed by atoms with Gasteiger partial charge in [0.15, 0.2) is 23.0 Å². The fourth-order valence-corrected chi connectivity index (χ4v) is 6.03. The number of primary sulfonamides is 1. The second-order valence-electron chi connectivity index (χ2n) is 10.0. The molecule has 11 heteroatoms. The highest BCUT2D eigenvalue weighted by Gasteiger charge is 2.43. The second kappa shape index (κ2) is 11.4. The molecule has 2 heterocycles. The lowest BCUT2D eigenvalue weighted by Gasteiger charge is -2.35. The van der Waals surface area contributed by atoms with Gasteiger partial charge < -0.3 is 23.8 Å². The predicted molar refractivity (Wildman–Crippen MR) is 159 cm³/mol. The lowest BCUT2D eigenvalue weighted by molar-refractivity contribution is 0.302. The first-order valence-corrected chi connectivity index (χ1v) is 14.6. The van der Waals surface area contributed by atoms with Gasteiger partial charge in [-0.3, -0.25) is 5.01 Å². The van der Waals surface area contributed by atoms with Crippen LogP contribution in [0.4, 0.5) is 5.69 Å². The molecule has 2 aliphatic rings. The van der Waals surface area contributed by atoms with Crippen molar-refractivity contribution in [2.75, 3.05) is 53.6 Å². The van der Waals surface area contributed by atoms with Crippen molar-refractivity contribution in [2.45, 2.75) is 10.9 Å². The van der Waals surface area contributed by atoms with E-state index in [1.54, 1.807) is 40.6 Å². The summed E-state index contributed by atoms with van der Waals surface area (Å²) < 4.78 is 45.8. The lowest BCUT2D eigenvalue weighted by atomic mass is 9.83. The average Bonchev–Trinajstić information content (AvgIpc) is 3.35. The van der Waals surface area contributed by atoms with E-state index in [0.717, 1.165) is 34.6 Å². The predicted octanol–water partition coefficient (Wildman–Crippen LogP) is 3.93. The molecule has 0 radical (unpaired) electrons. The summed E-state index contributed by atoms with van der Waals surface area (Å²) >= 11 is 0. The zero-order valence-corrected chi connectivity index (χ0v) is 24.5. The molecule has 10 nitrogen and oxygen atoms in total. The minimum atomic E-state index is -3.83. The molecule has 3 aromatic carbocycles. The number of piperidine rings is 1. The molecule has 3 aromatic rings. The van der Waals surface area contributed by atoms with Crippen molar-refractivity contribution in [3.63, 3.8) is 0 Å². The maximum Gasteiger partial charge on any atom is 0.238 e. The Morgan fingerprint density at radius 1 is 0.854 bits per heavy atom. The maximum atomic E-state index is 11.9. The number of likely N-dealkylation sites (tertiary alicyclic amines) is 1. The van der Waals surface area contributed by atoms with Crippen LogP contribution in [0.5, 0.6) is 23.0 Å². The second-order valence-corrected chi connectivity index (χ2v) is 11.6. The highest BCUT2D eigenvalue weighted by molar-refractivity contribution is 7.89. The monoisotopic (exact) mass is 578 g/mol. The van der Waals surface area contributed by atoms with E-state index in [1.165, 1.54) is 12.1 Å². The molecule has 2 unspecified atom stereocenters. The first-order chi connectivity index (χ1) is 19.7. The van der Waals surface area contributed by atoms with Crippen LogP contribution in [0.15, 0.2) is 76.2 Å². The molecular weight excluding hydrogens is 544 g/mol. The van der Waals surface area contributed by atoms with E-state index in [9.17, 15) is 8.42 Å². The summed E-state index contributed by atoms with van der Waals surface area (Å²) in [5.41, 5.74) is 4.74. The number of hydrogen-bond donors (Lipinski definition) is 1. The van der Waals surface area contributed by atoms with Gasteiger partial charge >= 0.3 is 0 Å². The Morgan fingerprint density at radius 2 is 1.46 bits per heavy atom. The summed E-state index contributed by atoms with van der Waals surface area (Å²) in [7, 11) is 4.71. The summed E-state index contributed by atoms with van der Waals surface area (Å²) in [4.78, 5) is 2.32. The van der Waals surface area contributed by atoms with Crippen molar-refractivity contribution >= 4 is 27.5 Å². The number of methoxy groups -OCH3 is 4. The Labute approximate surface area is 240 Å². The lowest BCUT2D eigenvalue weighted by Crippen LogP contribution is -2.41. The number of hydrogen-bond acceptors (Lipinski definition) is 9. The summed E-state index contributed by atoms with van der Waals surface area (Å²) in [5.74, 6) is 2.57. The Bertz CT molecular complexity index is 1600. The smallest absolute Gasteiger partial charge is 0.238 e. The van der Waals surface area contributed by atoms with Gasteiger partial charge in [0.1, 0.15) is 0 Å². The van der Waals surface area contributed by atoms with E-state index in [4.69, 9.17) is 29.2 Å². The van der Waals surface area contributed by atoms with E-state index < -0.39 is 10.0 Å². The van der Waals surface area contributed by atoms with Gasteiger partial charge in [-0.05, 0) is 78.4 Å². The van der Waals surface area contributed by atoms with E-state index >= 15 is 0 Å². The number of ether oxygens (including phenoxy) is 4. The maximum absolute atomic E-state index is 11.9. The molecule has 2 N–H and O–H groups in total. The average molecular weight is 579 g/mol. The number of rotatable bonds is 8. The third kappa shape index (κ3) is 5.61. The number of anilines is 1. The zero-order chi connectivity index (χ0) is 29.3. The minimum absolute atomic E-state index is 0.0103. The molecule has 2 aliphatic heterocycles. The normalized spacial score (nSPS) is 20.0. The molecule has 41 heavy (non-hydrogen) atoms. The Hall–Kier alpha value is -4.06. The van der Waals surface area contributed by atoms with E-state index in [-0.39, 0.29) is 16.9 Å². The number of nitrogens with two attached hydrogens (primary N) is 1. The highest BCUT2D eigenvalue weighted by Crippen LogP contribution is 2.45. The minimum Gasteiger partial charge on any atom is -0.493 e. The van der Waals surface area contributed by atoms with Gasteiger partial charge in [0.25, 0.3) is 0 Å². The fourth-order valence-electron chi connectivity index (χ4n) is 5.51. The van der Waals surface area contributed by atoms with Crippen molar-refractivity contribution < 1.29 is 27.4 Å². The molecule has 216 valence electrons. The molecule has 0 bridgehead atoms. The number of hydrazone groups is 1. The van der Waals surface area contributed by atoms with Gasteiger partial charge in [-0.1, -0.05) is 12.1 Å². The van der Waals surface area contributed by atoms with Gasteiger partial charge in [-0.25, -0.2) is 13.6 Å². The van der Waals surface area contributed by atoms with Crippen LogP contribution in [0.25, 0.3) is 6.08 Å². The van der Waals surface area contributed by atoms with Crippen LogP contribution in [-0.4, -0.2) is 67.6 Å². The third-order valence-corrected chi connectivity index (χ3v) is 8.35. The standard InChI is InChI=1S/C30H34N4O6S/c1-33-17-21(14-19-6-12-25(37-2)27(15-19)39-4)29-24(18-33)30(20-7-13-26(38-3)28(16-20)40-5)34(32-29)22-8-10-23(11-9-22)41(31,35)36/h6-16,24,30H,17-18H2,1-5H3,(H2,31,35,36)/b21-14+. The van der Waals surface area contributed by atoms with Crippen LogP contribution in [0.2, 0.25) is 0 Å². The van der Waals surface area contributed by atoms with Crippen LogP contribution >= 0.6 is 0 Å². The molecule has 2 atom stereocenters. The fraction of sp³-hybridized carbons (Fsp3) is 0.300. The van der Waals surface area contributed by atoms with Crippen molar-refractivity contribution in [3.05, 3.63) is 77.4 Å². The van der Waals surface area contributed by atoms with Gasteiger partial charge in [0.05, 0.1) is 50.8 Å². The molecular formula is C30H34N4O6S. The van der Waals surface area contributed by atoms with Crippen LogP contribution in [0.1, 0.15) is 17.2 Å². The number of fused-ring (bicyclic) bond motifs is 1. The molecule has 0 saturated carbocycles. The van der Waals surface area contributed by atoms with Gasteiger partial charge in [0.2, 0.25) is 10.0 Å². The number of benzene rings is 3. The van der Waals surface area contributed by atoms with Gasteiger partial charge in [-0.2, -0.15) is 5.10 Å². The summed E-state index contributed by atoms with van der Waals surface area (Å²) in [5, 5.41) is 12.5. The SMILES string of the molecule is COc1ccc(/C=C2\CN(C)CC3C2=NN(c2ccc(S(N)(=O)=O)cc2)C3c2ccc(OC)c(OC)c2)cc1OC. The van der Waals surface area contributed by atoms with Crippen LogP contribution in [0, 0.1) is 5.92 Å². The molecule has 0 amide bonds. The van der Waals surface area contributed by atoms with E-state index in [0.29, 0.717) is 29.5 Å². The largest absolute Gasteiger partial charge is 0.493 e. The Kier molecular flexibility index (Phi) is 7.94. The van der Waals surface area contributed by atoms with Crippen molar-refractivity contribution in [2.24, 2.45) is 16.2 Å². The van der Waals surface area contributed by atoms with E-state index in [1.807, 2.05) is 41.4 Å². The van der Waals surface area contributed by atoms with Gasteiger partial charge in [-0.15, -0.1) is 0 Å². The number of nitrogens with zero attached hydrogens (tertiary/aromatic N) is 3. The summed E-state index contributed by atoms with van der Waals surface area (Å²) in [6.45, 7) is 1.48. The van der Waals surface area contributed by atoms with E-state index in [2.05, 4.69) is 18.0 Å². The number of sulfonamides is 1. The van der Waals surface area contributed by atoms with Crippen molar-refractivity contribution in [1.29, 1.82) is 0 Å². The van der Waals surface area contributed by atoms with Crippen molar-refractivity contribution in [3.8, 4) is 23.0 Å². The highest BCUT2D eigenvalue weighted by atomic mass is 32.2. The van der Waals surface area contributed by atoms with Crippen LogP contribution in [-0.2, 0) is 10.0 Å². The first kappa shape index (κ1) is 28.5. The molecule has 1 fully saturated rings. The topological polar surface area (TPSA) is 116 Å². The molecule has 0 aliphatic carbocycles. The third-order valence-electron chi connectivity index (χ3n) is 7.42. The Morgan fingerprint density at radius 3 is 2.07 bits per heavy atom. The first-order valence-electron chi connectivity index (χ1n) is 13.0. The van der Waals surface area contributed by atoms with Crippen molar-refractivity contribution in [1.82, 2.24) is 4.90 Å². The number of likely N-dealkylation sites (N-methyl/N-ethyl adjacent to an activating group) is 1. The summed E-state index contributed by atoms with van der Waals surface area (Å²) in [6, 6.07) is 18.0. The van der Waals surface area contributed by atoms with Crippen LogP contribution < -0.4 is 29.1 Å². The van der Waals surface area contributed by atoms with Crippen LogP contribution in [0.3, 0.4) is 0 Å².